The van der Waals surface area contributed by atoms with Crippen LogP contribution in [-0.2, 0) is 21.7 Å². The summed E-state index contributed by atoms with van der Waals surface area (Å²) in [6, 6.07) is 12.0. The Bertz CT molecular complexity index is 1640. The monoisotopic (exact) mass is 456 g/mol. The average molecular weight is 457 g/mol. The molecule has 0 fully saturated rings. The molecule has 0 saturated carbocycles. The quantitative estimate of drug-likeness (QED) is 0.342. The maximum absolute atomic E-state index is 4.37. The van der Waals surface area contributed by atoms with Gasteiger partial charge in [-0.05, 0) is 84.5 Å². The minimum atomic E-state index is -0.0964. The van der Waals surface area contributed by atoms with E-state index in [1.807, 2.05) is 0 Å². The third-order valence-electron chi connectivity index (χ3n) is 10.3. The predicted molar refractivity (Wildman–Crippen MR) is 151 cm³/mol. The Balaban J connectivity index is 1.88. The summed E-state index contributed by atoms with van der Waals surface area (Å²) in [5.74, 6) is 0. The summed E-state index contributed by atoms with van der Waals surface area (Å²) in [6.45, 7) is 26.1. The van der Waals surface area contributed by atoms with Gasteiger partial charge in [0, 0.05) is 21.7 Å². The van der Waals surface area contributed by atoms with Gasteiger partial charge in [0.25, 0.3) is 0 Å². The lowest BCUT2D eigenvalue weighted by atomic mass is 9.61. The van der Waals surface area contributed by atoms with Crippen LogP contribution in [0, 0.1) is 0 Å². The van der Waals surface area contributed by atoms with Gasteiger partial charge in [0.1, 0.15) is 0 Å². The van der Waals surface area contributed by atoms with Gasteiger partial charge in [-0.25, -0.2) is 0 Å². The van der Waals surface area contributed by atoms with E-state index < -0.39 is 0 Å². The molecular formula is C35H36. The van der Waals surface area contributed by atoms with Crippen LogP contribution in [0.5, 0.6) is 0 Å². The third-order valence-corrected chi connectivity index (χ3v) is 10.3. The zero-order valence-corrected chi connectivity index (χ0v) is 22.7. The molecule has 0 bridgehead atoms. The largest absolute Gasteiger partial charge is 0.0987 e. The van der Waals surface area contributed by atoms with Crippen LogP contribution >= 0.6 is 0 Å². The number of rotatable bonds is 1. The molecule has 35 heavy (non-hydrogen) atoms. The number of benzene rings is 3. The summed E-state index contributed by atoms with van der Waals surface area (Å²) in [4.78, 5) is 0. The lowest BCUT2D eigenvalue weighted by Gasteiger charge is -2.42. The molecule has 0 amide bonds. The molecule has 0 radical (unpaired) electrons. The summed E-state index contributed by atoms with van der Waals surface area (Å²) in [7, 11) is 0. The highest BCUT2D eigenvalue weighted by atomic mass is 14.6. The molecule has 0 aromatic heterocycles. The summed E-state index contributed by atoms with van der Waals surface area (Å²) in [5, 5.41) is 3.03. The van der Waals surface area contributed by atoms with Gasteiger partial charge in [-0.2, -0.15) is 0 Å². The molecule has 0 saturated heterocycles. The van der Waals surface area contributed by atoms with E-state index in [2.05, 4.69) is 111 Å². The van der Waals surface area contributed by atoms with E-state index in [1.54, 1.807) is 11.1 Å². The van der Waals surface area contributed by atoms with Crippen LogP contribution < -0.4 is 0 Å². The second-order valence-electron chi connectivity index (χ2n) is 13.3. The number of hydrogen-bond donors (Lipinski definition) is 0. The van der Waals surface area contributed by atoms with Gasteiger partial charge in [-0.3, -0.25) is 0 Å². The first kappa shape index (κ1) is 21.4. The van der Waals surface area contributed by atoms with E-state index in [1.165, 1.54) is 66.4 Å². The number of fused-ring (bicyclic) bond motifs is 1. The standard InChI is InChI=1S/C35H36/c1-11-18-24-19(12-2)34(7,8)30-28(24)26-22(32(18,3)4)16-17-23-27(26)29-25-20(33(23,5)6)14-13-15-21(25)35(9,10)31(29)30/h11-17H,2H2,1,3-10H3/b18-11+. The van der Waals surface area contributed by atoms with Crippen molar-refractivity contribution in [2.24, 2.45) is 0 Å². The van der Waals surface area contributed by atoms with Crippen LogP contribution in [0.15, 0.2) is 60.2 Å². The molecule has 0 nitrogen and oxygen atoms in total. The van der Waals surface area contributed by atoms with Gasteiger partial charge in [0.05, 0.1) is 0 Å². The molecule has 0 spiro atoms. The van der Waals surface area contributed by atoms with Crippen molar-refractivity contribution < 1.29 is 0 Å². The molecule has 176 valence electrons. The van der Waals surface area contributed by atoms with Crippen molar-refractivity contribution in [3.05, 3.63) is 99.2 Å². The molecule has 0 heteroatoms. The summed E-state index contributed by atoms with van der Waals surface area (Å²) in [5.41, 5.74) is 17.7. The molecule has 0 aliphatic heterocycles. The lowest BCUT2D eigenvalue weighted by molar-refractivity contribution is 0.597. The molecule has 0 atom stereocenters. The zero-order valence-electron chi connectivity index (χ0n) is 22.7. The Morgan fingerprint density at radius 3 is 1.74 bits per heavy atom. The van der Waals surface area contributed by atoms with Crippen LogP contribution in [0.2, 0.25) is 0 Å². The number of allylic oxidation sites excluding steroid dienone is 5. The minimum absolute atomic E-state index is 0.0346. The van der Waals surface area contributed by atoms with E-state index >= 15 is 0 Å². The van der Waals surface area contributed by atoms with Crippen LogP contribution in [0.1, 0.15) is 101 Å². The summed E-state index contributed by atoms with van der Waals surface area (Å²) < 4.78 is 0. The Kier molecular flexibility index (Phi) is 3.52. The molecule has 7 rings (SSSR count). The van der Waals surface area contributed by atoms with Crippen LogP contribution in [0.4, 0.5) is 0 Å². The fourth-order valence-corrected chi connectivity index (χ4v) is 8.74. The molecule has 0 heterocycles. The van der Waals surface area contributed by atoms with E-state index in [-0.39, 0.29) is 21.7 Å². The molecule has 3 aromatic carbocycles. The first-order chi connectivity index (χ1) is 16.3. The van der Waals surface area contributed by atoms with E-state index in [9.17, 15) is 0 Å². The SMILES string of the molecule is C=CC1=C2/C(=C\C)C(C)(C)c3ccc4c5c6c(c(c2c35)C1(C)C)C(C)(C)c1cccc(c1-6)C4(C)C. The highest BCUT2D eigenvalue weighted by Crippen LogP contribution is 2.68. The minimum Gasteiger partial charge on any atom is -0.0987 e. The van der Waals surface area contributed by atoms with Crippen LogP contribution in [0.25, 0.3) is 27.5 Å². The highest BCUT2D eigenvalue weighted by Gasteiger charge is 2.54. The van der Waals surface area contributed by atoms with Crippen molar-refractivity contribution >= 4 is 16.3 Å². The van der Waals surface area contributed by atoms with Crippen molar-refractivity contribution in [3.8, 4) is 11.1 Å². The van der Waals surface area contributed by atoms with Gasteiger partial charge in [0.15, 0.2) is 0 Å². The first-order valence-corrected chi connectivity index (χ1v) is 13.2. The fraction of sp³-hybridized carbons (Fsp3) is 0.371. The summed E-state index contributed by atoms with van der Waals surface area (Å²) >= 11 is 0. The van der Waals surface area contributed by atoms with Gasteiger partial charge in [-0.1, -0.05) is 104 Å². The molecule has 3 aromatic rings. The molecule has 0 unspecified atom stereocenters. The second kappa shape index (κ2) is 5.75. The lowest BCUT2D eigenvalue weighted by Crippen LogP contribution is -2.29. The molecular weight excluding hydrogens is 420 g/mol. The normalized spacial score (nSPS) is 23.4. The number of hydrogen-bond acceptors (Lipinski definition) is 0. The van der Waals surface area contributed by atoms with Crippen molar-refractivity contribution in [3.63, 3.8) is 0 Å². The van der Waals surface area contributed by atoms with Gasteiger partial charge < -0.3 is 0 Å². The third kappa shape index (κ3) is 1.96. The van der Waals surface area contributed by atoms with Crippen molar-refractivity contribution in [1.29, 1.82) is 0 Å². The average Bonchev–Trinajstić information content (AvgIpc) is 3.16. The smallest absolute Gasteiger partial charge is 0.0162 e. The topological polar surface area (TPSA) is 0 Å². The molecule has 0 N–H and O–H groups in total. The van der Waals surface area contributed by atoms with Gasteiger partial charge >= 0.3 is 0 Å². The van der Waals surface area contributed by atoms with E-state index in [0.29, 0.717) is 0 Å². The van der Waals surface area contributed by atoms with Gasteiger partial charge in [0.2, 0.25) is 0 Å². The van der Waals surface area contributed by atoms with Crippen molar-refractivity contribution in [1.82, 2.24) is 0 Å². The predicted octanol–water partition coefficient (Wildman–Crippen LogP) is 9.25. The summed E-state index contributed by atoms with van der Waals surface area (Å²) in [6.07, 6.45) is 4.53. The first-order valence-electron chi connectivity index (χ1n) is 13.2. The van der Waals surface area contributed by atoms with E-state index in [0.717, 1.165) is 0 Å². The van der Waals surface area contributed by atoms with Crippen LogP contribution in [-0.4, -0.2) is 0 Å². The zero-order chi connectivity index (χ0) is 25.0. The molecule has 4 aliphatic carbocycles. The Labute approximate surface area is 210 Å². The Hall–Kier alpha value is -2.86. The second-order valence-corrected chi connectivity index (χ2v) is 13.3. The molecule has 4 aliphatic rings. The van der Waals surface area contributed by atoms with Gasteiger partial charge in [-0.15, -0.1) is 0 Å². The fourth-order valence-electron chi connectivity index (χ4n) is 8.74. The van der Waals surface area contributed by atoms with Crippen LogP contribution in [0.3, 0.4) is 0 Å². The van der Waals surface area contributed by atoms with Crippen molar-refractivity contribution in [2.45, 2.75) is 84.0 Å². The Morgan fingerprint density at radius 2 is 1.14 bits per heavy atom. The van der Waals surface area contributed by atoms with Crippen molar-refractivity contribution in [2.75, 3.05) is 0 Å². The van der Waals surface area contributed by atoms with E-state index in [4.69, 9.17) is 0 Å². The maximum atomic E-state index is 4.37. The maximum Gasteiger partial charge on any atom is 0.0162 e. The highest BCUT2D eigenvalue weighted by molar-refractivity contribution is 6.19. The Morgan fingerprint density at radius 1 is 0.600 bits per heavy atom.